The largest absolute Gasteiger partial charge is 0.498 e. The molecule has 0 aromatic carbocycles. The van der Waals surface area contributed by atoms with E-state index in [0.717, 1.165) is 18.0 Å². The van der Waals surface area contributed by atoms with Gasteiger partial charge < -0.3 is 28.8 Å². The predicted molar refractivity (Wildman–Crippen MR) is 114 cm³/mol. The molecule has 0 saturated carbocycles. The zero-order chi connectivity index (χ0) is 23.4. The number of hydrogen-bond donors (Lipinski definition) is 2. The Morgan fingerprint density at radius 2 is 1.84 bits per heavy atom. The average molecular weight is 478 g/mol. The number of sulfonamides is 1. The molecule has 0 aliphatic heterocycles. The van der Waals surface area contributed by atoms with Crippen LogP contribution in [0.25, 0.3) is 0 Å². The second kappa shape index (κ2) is 9.71. The highest BCUT2D eigenvalue weighted by atomic mass is 32.2. The van der Waals surface area contributed by atoms with Crippen molar-refractivity contribution in [2.24, 2.45) is 0 Å². The highest BCUT2D eigenvalue weighted by Crippen LogP contribution is 2.49. The maximum Gasteiger partial charge on any atom is 0.262 e. The van der Waals surface area contributed by atoms with Crippen molar-refractivity contribution in [3.8, 4) is 0 Å². The van der Waals surface area contributed by atoms with E-state index < -0.39 is 26.8 Å². The van der Waals surface area contributed by atoms with Crippen molar-refractivity contribution in [1.29, 1.82) is 0 Å². The van der Waals surface area contributed by atoms with Crippen LogP contribution in [-0.4, -0.2) is 82.1 Å². The third-order valence-electron chi connectivity index (χ3n) is 4.58. The number of rotatable bonds is 10. The summed E-state index contributed by atoms with van der Waals surface area (Å²) in [4.78, 5) is 8.29. The van der Waals surface area contributed by atoms with Gasteiger partial charge in [-0.25, -0.2) is 18.4 Å². The molecule has 1 aromatic heterocycles. The van der Waals surface area contributed by atoms with Crippen LogP contribution >= 0.6 is 11.8 Å². The number of methoxy groups -OCH3 is 5. The van der Waals surface area contributed by atoms with Crippen molar-refractivity contribution in [1.82, 2.24) is 9.97 Å². The second-order valence-corrected chi connectivity index (χ2v) is 9.37. The molecule has 1 aliphatic carbocycles. The van der Waals surface area contributed by atoms with Crippen molar-refractivity contribution >= 4 is 27.6 Å². The van der Waals surface area contributed by atoms with Gasteiger partial charge >= 0.3 is 0 Å². The third kappa shape index (κ3) is 4.96. The SMILES string of the molecule is COC1=C[C@](O)(C(OC)(OC)Sc2nccc(NS(C)(=O)=O)n2)C(OC)C(OC)=C1C. The van der Waals surface area contributed by atoms with E-state index in [0.29, 0.717) is 17.1 Å². The van der Waals surface area contributed by atoms with Crippen molar-refractivity contribution in [3.05, 3.63) is 35.4 Å². The molecular formula is C18H27N3O8S2. The normalized spacial score (nSPS) is 22.2. The van der Waals surface area contributed by atoms with Crippen molar-refractivity contribution < 1.29 is 37.2 Å². The van der Waals surface area contributed by atoms with E-state index in [4.69, 9.17) is 23.7 Å². The molecule has 2 N–H and O–H groups in total. The van der Waals surface area contributed by atoms with Crippen LogP contribution in [0.1, 0.15) is 6.92 Å². The molecular weight excluding hydrogens is 450 g/mol. The Bertz CT molecular complexity index is 962. The molecule has 13 heteroatoms. The number of aliphatic hydroxyl groups is 1. The molecule has 11 nitrogen and oxygen atoms in total. The summed E-state index contributed by atoms with van der Waals surface area (Å²) in [5, 5.41) is 10.1. The second-order valence-electron chi connectivity index (χ2n) is 6.51. The molecule has 0 saturated heterocycles. The number of nitrogens with one attached hydrogen (secondary N) is 1. The number of anilines is 1. The van der Waals surface area contributed by atoms with Crippen LogP contribution in [-0.2, 0) is 33.7 Å². The van der Waals surface area contributed by atoms with Gasteiger partial charge in [-0.2, -0.15) is 0 Å². The van der Waals surface area contributed by atoms with Crippen LogP contribution in [0.4, 0.5) is 5.82 Å². The summed E-state index contributed by atoms with van der Waals surface area (Å²) in [5.74, 6) is 0.693. The monoisotopic (exact) mass is 477 g/mol. The Hall–Kier alpha value is -1.90. The van der Waals surface area contributed by atoms with E-state index in [9.17, 15) is 13.5 Å². The molecule has 0 bridgehead atoms. The zero-order valence-electron chi connectivity index (χ0n) is 18.3. The fourth-order valence-electron chi connectivity index (χ4n) is 3.24. The summed E-state index contributed by atoms with van der Waals surface area (Å²) < 4.78 is 53.1. The Labute approximate surface area is 185 Å². The van der Waals surface area contributed by atoms with Crippen molar-refractivity contribution in [3.63, 3.8) is 0 Å². The Morgan fingerprint density at radius 1 is 1.19 bits per heavy atom. The molecule has 0 amide bonds. The van der Waals surface area contributed by atoms with Crippen LogP contribution in [0.2, 0.25) is 0 Å². The maximum absolute atomic E-state index is 11.8. The van der Waals surface area contributed by atoms with Gasteiger partial charge in [0.25, 0.3) is 5.12 Å². The number of thioether (sulfide) groups is 1. The lowest BCUT2D eigenvalue weighted by atomic mass is 9.85. The fraction of sp³-hybridized carbons (Fsp3) is 0.556. The Morgan fingerprint density at radius 3 is 2.32 bits per heavy atom. The summed E-state index contributed by atoms with van der Waals surface area (Å²) >= 11 is 0.817. The quantitative estimate of drug-likeness (QED) is 0.284. The summed E-state index contributed by atoms with van der Waals surface area (Å²) in [6.45, 7) is 1.76. The lowest BCUT2D eigenvalue weighted by Gasteiger charge is -2.47. The zero-order valence-corrected chi connectivity index (χ0v) is 20.0. The Kier molecular flexibility index (Phi) is 7.94. The first-order valence-electron chi connectivity index (χ1n) is 8.88. The number of hydrogen-bond acceptors (Lipinski definition) is 11. The van der Waals surface area contributed by atoms with Gasteiger partial charge in [-0.1, -0.05) is 0 Å². The first-order chi connectivity index (χ1) is 14.5. The van der Waals surface area contributed by atoms with Gasteiger partial charge in [0, 0.05) is 33.1 Å². The molecule has 174 valence electrons. The summed E-state index contributed by atoms with van der Waals surface area (Å²) in [6.07, 6.45) is 2.74. The number of aromatic nitrogens is 2. The first-order valence-corrected chi connectivity index (χ1v) is 11.6. The number of allylic oxidation sites excluding steroid dienone is 1. The molecule has 0 spiro atoms. The molecule has 0 radical (unpaired) electrons. The number of ether oxygens (including phenoxy) is 5. The molecule has 2 atom stereocenters. The smallest absolute Gasteiger partial charge is 0.262 e. The summed E-state index contributed by atoms with van der Waals surface area (Å²) in [6, 6.07) is 1.39. The topological polar surface area (TPSA) is 138 Å². The van der Waals surface area contributed by atoms with Crippen molar-refractivity contribution in [2.45, 2.75) is 28.9 Å². The standard InChI is InChI=1S/C18H27N3O8S2/c1-11-12(25-2)10-17(22,15(27-4)14(11)26-3)18(28-5,29-6)30-16-19-9-8-13(20-16)21-31(7,23)24/h8-10,15,22H,1-7H3,(H,19,20,21)/t15?,17-/m1/s1. The summed E-state index contributed by atoms with van der Waals surface area (Å²) in [5.41, 5.74) is -1.35. The third-order valence-corrected chi connectivity index (χ3v) is 6.47. The van der Waals surface area contributed by atoms with E-state index in [1.165, 1.54) is 53.9 Å². The van der Waals surface area contributed by atoms with Crippen LogP contribution in [0.3, 0.4) is 0 Å². The van der Waals surface area contributed by atoms with Crippen LogP contribution < -0.4 is 4.72 Å². The van der Waals surface area contributed by atoms with Gasteiger partial charge in [0.2, 0.25) is 10.0 Å². The van der Waals surface area contributed by atoms with Gasteiger partial charge in [-0.3, -0.25) is 4.72 Å². The van der Waals surface area contributed by atoms with Crippen LogP contribution in [0.5, 0.6) is 0 Å². The molecule has 31 heavy (non-hydrogen) atoms. The molecule has 1 aliphatic rings. The molecule has 0 fully saturated rings. The highest BCUT2D eigenvalue weighted by Gasteiger charge is 2.61. The maximum atomic E-state index is 11.8. The van der Waals surface area contributed by atoms with E-state index in [2.05, 4.69) is 14.7 Å². The molecule has 1 unspecified atom stereocenters. The highest BCUT2D eigenvalue weighted by molar-refractivity contribution is 8.00. The van der Waals surface area contributed by atoms with E-state index in [1.807, 2.05) is 0 Å². The minimum absolute atomic E-state index is 0.0430. The van der Waals surface area contributed by atoms with Gasteiger partial charge in [-0.05, 0) is 30.8 Å². The molecule has 1 heterocycles. The first kappa shape index (κ1) is 25.4. The number of nitrogens with zero attached hydrogens (tertiary/aromatic N) is 2. The fourth-order valence-corrected chi connectivity index (χ4v) is 4.73. The van der Waals surface area contributed by atoms with E-state index >= 15 is 0 Å². The van der Waals surface area contributed by atoms with Gasteiger partial charge in [0.05, 0.1) is 20.5 Å². The molecule has 2 rings (SSSR count). The molecule has 1 aromatic rings. The van der Waals surface area contributed by atoms with Crippen molar-refractivity contribution in [2.75, 3.05) is 46.5 Å². The minimum Gasteiger partial charge on any atom is -0.498 e. The van der Waals surface area contributed by atoms with Gasteiger partial charge in [0.1, 0.15) is 17.3 Å². The van der Waals surface area contributed by atoms with Crippen LogP contribution in [0.15, 0.2) is 40.6 Å². The summed E-state index contributed by atoms with van der Waals surface area (Å²) in [7, 11) is 3.41. The minimum atomic E-state index is -3.55. The van der Waals surface area contributed by atoms with Crippen LogP contribution in [0, 0.1) is 0 Å². The van der Waals surface area contributed by atoms with Gasteiger partial charge in [0.15, 0.2) is 16.9 Å². The average Bonchev–Trinajstić information content (AvgIpc) is 2.72. The van der Waals surface area contributed by atoms with E-state index in [1.54, 1.807) is 6.92 Å². The van der Waals surface area contributed by atoms with E-state index in [-0.39, 0.29) is 11.0 Å². The predicted octanol–water partition coefficient (Wildman–Crippen LogP) is 1.10. The van der Waals surface area contributed by atoms with Gasteiger partial charge in [-0.15, -0.1) is 0 Å². The Balaban J connectivity index is 2.59. The lowest BCUT2D eigenvalue weighted by molar-refractivity contribution is -0.255. The lowest BCUT2D eigenvalue weighted by Crippen LogP contribution is -2.62.